The number of aliphatic imine (C=N–C) groups is 1. The molecule has 3 rings (SSSR count). The summed E-state index contributed by atoms with van der Waals surface area (Å²) in [5.74, 6) is 1.89. The van der Waals surface area contributed by atoms with Gasteiger partial charge in [-0.15, -0.1) is 0 Å². The second kappa shape index (κ2) is 5.62. The van der Waals surface area contributed by atoms with Crippen molar-refractivity contribution in [2.45, 2.75) is 19.5 Å². The van der Waals surface area contributed by atoms with Crippen LogP contribution in [0.2, 0.25) is 0 Å². The smallest absolute Gasteiger partial charge is 0.246 e. The van der Waals surface area contributed by atoms with Gasteiger partial charge in [0.1, 0.15) is 0 Å². The van der Waals surface area contributed by atoms with Gasteiger partial charge in [-0.1, -0.05) is 33.2 Å². The molecule has 20 heavy (non-hydrogen) atoms. The summed E-state index contributed by atoms with van der Waals surface area (Å²) in [6.45, 7) is 3.32. The van der Waals surface area contributed by atoms with Crippen molar-refractivity contribution in [3.63, 3.8) is 0 Å². The molecule has 1 aliphatic rings. The van der Waals surface area contributed by atoms with Crippen LogP contribution in [0.25, 0.3) is 11.4 Å². The van der Waals surface area contributed by atoms with Crippen molar-refractivity contribution < 1.29 is 4.52 Å². The molecule has 0 spiro atoms. The molecular weight excluding hydrogens is 322 g/mol. The van der Waals surface area contributed by atoms with Gasteiger partial charge in [0.25, 0.3) is 0 Å². The van der Waals surface area contributed by atoms with Crippen LogP contribution in [0.15, 0.2) is 38.3 Å². The number of hydrogen-bond acceptors (Lipinski definition) is 6. The summed E-state index contributed by atoms with van der Waals surface area (Å²) in [5, 5.41) is 10.3. The van der Waals surface area contributed by atoms with E-state index in [0.717, 1.165) is 22.5 Å². The third kappa shape index (κ3) is 2.98. The first-order valence-corrected chi connectivity index (χ1v) is 7.13. The van der Waals surface area contributed by atoms with Crippen LogP contribution in [0.3, 0.4) is 0 Å². The first-order chi connectivity index (χ1) is 9.70. The van der Waals surface area contributed by atoms with Gasteiger partial charge in [-0.25, -0.2) is 0 Å². The predicted octanol–water partition coefficient (Wildman–Crippen LogP) is 1.94. The lowest BCUT2D eigenvalue weighted by molar-refractivity contribution is 0.375. The van der Waals surface area contributed by atoms with E-state index < -0.39 is 0 Å². The van der Waals surface area contributed by atoms with E-state index in [4.69, 9.17) is 4.52 Å². The monoisotopic (exact) mass is 335 g/mol. The molecule has 0 amide bonds. The number of halogens is 1. The Labute approximate surface area is 124 Å². The van der Waals surface area contributed by atoms with Crippen LogP contribution in [-0.4, -0.2) is 28.7 Å². The van der Waals surface area contributed by atoms with Gasteiger partial charge in [0, 0.05) is 16.1 Å². The Bertz CT molecular complexity index is 639. The quantitative estimate of drug-likeness (QED) is 0.896. The Kier molecular flexibility index (Phi) is 3.68. The fourth-order valence-electron chi connectivity index (χ4n) is 1.89. The number of rotatable bonds is 3. The maximum Gasteiger partial charge on any atom is 0.246 e. The van der Waals surface area contributed by atoms with Crippen molar-refractivity contribution in [1.82, 2.24) is 20.8 Å². The largest absolute Gasteiger partial charge is 0.352 e. The SMILES string of the molecule is CC1CN=C(NCc2nc(-c3cccc(Br)c3)no2)N1. The summed E-state index contributed by atoms with van der Waals surface area (Å²) in [5.41, 5.74) is 0.916. The minimum absolute atomic E-state index is 0.373. The van der Waals surface area contributed by atoms with Crippen LogP contribution in [-0.2, 0) is 6.54 Å². The van der Waals surface area contributed by atoms with Crippen molar-refractivity contribution in [2.24, 2.45) is 4.99 Å². The Morgan fingerprint density at radius 1 is 1.50 bits per heavy atom. The fourth-order valence-corrected chi connectivity index (χ4v) is 2.29. The van der Waals surface area contributed by atoms with E-state index in [0.29, 0.717) is 24.3 Å². The molecule has 1 unspecified atom stereocenters. The highest BCUT2D eigenvalue weighted by Crippen LogP contribution is 2.20. The standard InChI is InChI=1S/C13H14BrN5O/c1-8-6-15-13(17-8)16-7-11-18-12(19-20-11)9-3-2-4-10(14)5-9/h2-5,8H,6-7H2,1H3,(H2,15,16,17). The number of guanidine groups is 1. The molecule has 0 saturated carbocycles. The third-order valence-electron chi connectivity index (χ3n) is 2.86. The molecule has 1 aromatic heterocycles. The average molecular weight is 336 g/mol. The number of nitrogens with one attached hydrogen (secondary N) is 2. The van der Waals surface area contributed by atoms with Gasteiger partial charge in [0.2, 0.25) is 11.7 Å². The van der Waals surface area contributed by atoms with E-state index in [9.17, 15) is 0 Å². The topological polar surface area (TPSA) is 75.3 Å². The van der Waals surface area contributed by atoms with Crippen molar-refractivity contribution in [3.8, 4) is 11.4 Å². The van der Waals surface area contributed by atoms with Crippen LogP contribution in [0.4, 0.5) is 0 Å². The minimum Gasteiger partial charge on any atom is -0.352 e. The van der Waals surface area contributed by atoms with E-state index >= 15 is 0 Å². The lowest BCUT2D eigenvalue weighted by Crippen LogP contribution is -2.37. The van der Waals surface area contributed by atoms with Crippen LogP contribution < -0.4 is 10.6 Å². The second-order valence-corrected chi connectivity index (χ2v) is 5.53. The van der Waals surface area contributed by atoms with Crippen molar-refractivity contribution >= 4 is 21.9 Å². The lowest BCUT2D eigenvalue weighted by Gasteiger charge is -2.05. The minimum atomic E-state index is 0.373. The zero-order valence-electron chi connectivity index (χ0n) is 10.9. The van der Waals surface area contributed by atoms with E-state index in [1.807, 2.05) is 24.3 Å². The summed E-state index contributed by atoms with van der Waals surface area (Å²) in [4.78, 5) is 8.66. The van der Waals surface area contributed by atoms with Crippen LogP contribution in [0, 0.1) is 0 Å². The summed E-state index contributed by atoms with van der Waals surface area (Å²) < 4.78 is 6.21. The molecule has 1 atom stereocenters. The number of benzene rings is 1. The van der Waals surface area contributed by atoms with Gasteiger partial charge in [-0.05, 0) is 19.1 Å². The van der Waals surface area contributed by atoms with Crippen molar-refractivity contribution in [1.29, 1.82) is 0 Å². The normalized spacial score (nSPS) is 17.7. The Hall–Kier alpha value is -1.89. The molecule has 2 aromatic rings. The Morgan fingerprint density at radius 2 is 2.40 bits per heavy atom. The summed E-state index contributed by atoms with van der Waals surface area (Å²) >= 11 is 3.42. The van der Waals surface area contributed by atoms with E-state index in [1.165, 1.54) is 0 Å². The molecule has 0 radical (unpaired) electrons. The third-order valence-corrected chi connectivity index (χ3v) is 3.36. The van der Waals surface area contributed by atoms with E-state index in [2.05, 4.69) is 48.6 Å². The Morgan fingerprint density at radius 3 is 3.15 bits per heavy atom. The zero-order valence-corrected chi connectivity index (χ0v) is 12.5. The fraction of sp³-hybridized carbons (Fsp3) is 0.308. The maximum atomic E-state index is 5.22. The highest BCUT2D eigenvalue weighted by molar-refractivity contribution is 9.10. The van der Waals surface area contributed by atoms with Crippen LogP contribution in [0.5, 0.6) is 0 Å². The molecular formula is C13H14BrN5O. The zero-order chi connectivity index (χ0) is 13.9. The van der Waals surface area contributed by atoms with Gasteiger partial charge in [-0.3, -0.25) is 4.99 Å². The van der Waals surface area contributed by atoms with Crippen molar-refractivity contribution in [2.75, 3.05) is 6.54 Å². The van der Waals surface area contributed by atoms with Crippen molar-refractivity contribution in [3.05, 3.63) is 34.6 Å². The van der Waals surface area contributed by atoms with Gasteiger partial charge >= 0.3 is 0 Å². The highest BCUT2D eigenvalue weighted by atomic mass is 79.9. The number of nitrogens with zero attached hydrogens (tertiary/aromatic N) is 3. The first-order valence-electron chi connectivity index (χ1n) is 6.34. The van der Waals surface area contributed by atoms with Gasteiger partial charge < -0.3 is 15.2 Å². The van der Waals surface area contributed by atoms with Gasteiger partial charge in [0.05, 0.1) is 13.1 Å². The number of hydrogen-bond donors (Lipinski definition) is 2. The van der Waals surface area contributed by atoms with E-state index in [1.54, 1.807) is 0 Å². The molecule has 2 heterocycles. The molecule has 0 fully saturated rings. The predicted molar refractivity (Wildman–Crippen MR) is 79.2 cm³/mol. The van der Waals surface area contributed by atoms with Gasteiger partial charge in [0.15, 0.2) is 5.96 Å². The molecule has 1 aromatic carbocycles. The molecule has 0 saturated heterocycles. The number of aromatic nitrogens is 2. The molecule has 6 nitrogen and oxygen atoms in total. The average Bonchev–Trinajstić information content (AvgIpc) is 3.05. The summed E-state index contributed by atoms with van der Waals surface area (Å²) in [6.07, 6.45) is 0. The maximum absolute atomic E-state index is 5.22. The molecule has 0 bridgehead atoms. The van der Waals surface area contributed by atoms with E-state index in [-0.39, 0.29) is 0 Å². The molecule has 7 heteroatoms. The summed E-state index contributed by atoms with van der Waals surface area (Å²) in [7, 11) is 0. The molecule has 0 aliphatic carbocycles. The van der Waals surface area contributed by atoms with Gasteiger partial charge in [-0.2, -0.15) is 4.98 Å². The molecule has 104 valence electrons. The lowest BCUT2D eigenvalue weighted by atomic mass is 10.2. The Balaban J connectivity index is 1.65. The molecule has 1 aliphatic heterocycles. The first kappa shape index (κ1) is 13.1. The van der Waals surface area contributed by atoms with Crippen LogP contribution >= 0.6 is 15.9 Å². The highest BCUT2D eigenvalue weighted by Gasteiger charge is 2.13. The second-order valence-electron chi connectivity index (χ2n) is 4.61. The molecule has 2 N–H and O–H groups in total. The van der Waals surface area contributed by atoms with Crippen LogP contribution in [0.1, 0.15) is 12.8 Å². The summed E-state index contributed by atoms with van der Waals surface area (Å²) in [6, 6.07) is 8.16.